The fourth-order valence-corrected chi connectivity index (χ4v) is 2.84. The number of hydrogen-bond donors (Lipinski definition) is 1. The maximum Gasteiger partial charge on any atom is 0.410 e. The number of nitrogens with zero attached hydrogens (tertiary/aromatic N) is 2. The van der Waals surface area contributed by atoms with Gasteiger partial charge in [-0.1, -0.05) is 6.08 Å². The normalized spacial score (nSPS) is 18.6. The first-order valence-electron chi connectivity index (χ1n) is 8.27. The molecule has 124 valence electrons. The van der Waals surface area contributed by atoms with Crippen molar-refractivity contribution < 1.29 is 9.53 Å². The maximum atomic E-state index is 12.1. The Bertz CT molecular complexity index is 642. The lowest BCUT2D eigenvalue weighted by Crippen LogP contribution is -2.39. The van der Waals surface area contributed by atoms with Crippen LogP contribution in [0, 0.1) is 0 Å². The predicted octanol–water partition coefficient (Wildman–Crippen LogP) is 3.57. The second kappa shape index (κ2) is 5.87. The van der Waals surface area contributed by atoms with Gasteiger partial charge in [0.1, 0.15) is 11.4 Å². The lowest BCUT2D eigenvalue weighted by Gasteiger charge is -2.30. The van der Waals surface area contributed by atoms with Crippen molar-refractivity contribution in [2.75, 3.05) is 18.8 Å². The van der Waals surface area contributed by atoms with Gasteiger partial charge in [0.05, 0.1) is 5.69 Å². The van der Waals surface area contributed by atoms with Gasteiger partial charge in [0, 0.05) is 19.0 Å². The van der Waals surface area contributed by atoms with E-state index >= 15 is 0 Å². The number of amides is 1. The number of rotatable bonds is 2. The van der Waals surface area contributed by atoms with Crippen LogP contribution in [0.15, 0.2) is 18.2 Å². The number of carbonyl (C=O) groups excluding carboxylic acids is 1. The average molecular weight is 315 g/mol. The van der Waals surface area contributed by atoms with Crippen molar-refractivity contribution in [3.05, 3.63) is 29.5 Å². The van der Waals surface area contributed by atoms with Gasteiger partial charge >= 0.3 is 6.09 Å². The SMILES string of the molecule is CC(C)(C)OC(=O)N1CC=C(c2ccc(N)nc2C2CC2)CC1. The van der Waals surface area contributed by atoms with Gasteiger partial charge in [-0.3, -0.25) is 0 Å². The van der Waals surface area contributed by atoms with Crippen molar-refractivity contribution in [3.63, 3.8) is 0 Å². The van der Waals surface area contributed by atoms with Crippen molar-refractivity contribution in [1.82, 2.24) is 9.88 Å². The Morgan fingerprint density at radius 1 is 1.35 bits per heavy atom. The number of aromatic nitrogens is 1. The molecule has 5 nitrogen and oxygen atoms in total. The molecule has 1 amide bonds. The Balaban J connectivity index is 1.73. The molecule has 0 aromatic carbocycles. The van der Waals surface area contributed by atoms with Crippen LogP contribution in [0.2, 0.25) is 0 Å². The molecule has 0 radical (unpaired) electrons. The quantitative estimate of drug-likeness (QED) is 0.906. The van der Waals surface area contributed by atoms with Crippen molar-refractivity contribution in [2.24, 2.45) is 0 Å². The first-order valence-corrected chi connectivity index (χ1v) is 8.27. The molecule has 1 aliphatic carbocycles. The first-order chi connectivity index (χ1) is 10.8. The van der Waals surface area contributed by atoms with Crippen molar-refractivity contribution in [2.45, 2.75) is 51.6 Å². The summed E-state index contributed by atoms with van der Waals surface area (Å²) in [6.45, 7) is 6.92. The summed E-state index contributed by atoms with van der Waals surface area (Å²) in [6.07, 6.45) is 5.09. The van der Waals surface area contributed by atoms with Crippen molar-refractivity contribution >= 4 is 17.5 Å². The zero-order valence-electron chi connectivity index (χ0n) is 14.1. The molecule has 1 saturated carbocycles. The lowest BCUT2D eigenvalue weighted by atomic mass is 9.96. The van der Waals surface area contributed by atoms with Gasteiger partial charge in [0.2, 0.25) is 0 Å². The van der Waals surface area contributed by atoms with Crippen LogP contribution in [-0.2, 0) is 4.74 Å². The first kappa shape index (κ1) is 15.8. The minimum atomic E-state index is -0.457. The molecule has 0 atom stereocenters. The van der Waals surface area contributed by atoms with Crippen LogP contribution >= 0.6 is 0 Å². The summed E-state index contributed by atoms with van der Waals surface area (Å²) in [5.41, 5.74) is 8.98. The Morgan fingerprint density at radius 3 is 2.65 bits per heavy atom. The van der Waals surface area contributed by atoms with E-state index in [0.717, 1.165) is 12.1 Å². The van der Waals surface area contributed by atoms with E-state index in [1.165, 1.54) is 24.0 Å². The lowest BCUT2D eigenvalue weighted by molar-refractivity contribution is 0.0270. The molecule has 3 rings (SSSR count). The standard InChI is InChI=1S/C18H25N3O2/c1-18(2,3)23-17(22)21-10-8-12(9-11-21)14-6-7-15(19)20-16(14)13-4-5-13/h6-8,13H,4-5,9-11H2,1-3H3,(H2,19,20). The molecule has 1 fully saturated rings. The van der Waals surface area contributed by atoms with E-state index in [9.17, 15) is 4.79 Å². The van der Waals surface area contributed by atoms with Crippen LogP contribution in [0.1, 0.15) is 57.2 Å². The summed E-state index contributed by atoms with van der Waals surface area (Å²) in [7, 11) is 0. The molecule has 0 unspecified atom stereocenters. The minimum absolute atomic E-state index is 0.245. The van der Waals surface area contributed by atoms with Gasteiger partial charge in [-0.05, 0) is 63.3 Å². The highest BCUT2D eigenvalue weighted by atomic mass is 16.6. The van der Waals surface area contributed by atoms with E-state index < -0.39 is 5.60 Å². The number of hydrogen-bond acceptors (Lipinski definition) is 4. The third-order valence-corrected chi connectivity index (χ3v) is 4.12. The minimum Gasteiger partial charge on any atom is -0.444 e. The molecule has 5 heteroatoms. The molecule has 2 aliphatic rings. The summed E-state index contributed by atoms with van der Waals surface area (Å²) in [6, 6.07) is 3.94. The third-order valence-electron chi connectivity index (χ3n) is 4.12. The van der Waals surface area contributed by atoms with Crippen LogP contribution in [0.5, 0.6) is 0 Å². The summed E-state index contributed by atoms with van der Waals surface area (Å²) in [5, 5.41) is 0. The molecule has 1 aromatic heterocycles. The number of anilines is 1. The molecule has 1 aliphatic heterocycles. The molecule has 0 bridgehead atoms. The Kier molecular flexibility index (Phi) is 4.04. The summed E-state index contributed by atoms with van der Waals surface area (Å²) >= 11 is 0. The summed E-state index contributed by atoms with van der Waals surface area (Å²) in [5.74, 6) is 1.14. The van der Waals surface area contributed by atoms with Crippen LogP contribution in [0.3, 0.4) is 0 Å². The number of pyridine rings is 1. The largest absolute Gasteiger partial charge is 0.444 e. The zero-order chi connectivity index (χ0) is 16.6. The molecule has 23 heavy (non-hydrogen) atoms. The maximum absolute atomic E-state index is 12.1. The van der Waals surface area contributed by atoms with Crippen molar-refractivity contribution in [3.8, 4) is 0 Å². The van der Waals surface area contributed by atoms with Crippen LogP contribution in [0.4, 0.5) is 10.6 Å². The number of nitrogens with two attached hydrogens (primary N) is 1. The molecule has 1 aromatic rings. The molecule has 0 saturated heterocycles. The molecular weight excluding hydrogens is 290 g/mol. The van der Waals surface area contributed by atoms with E-state index in [0.29, 0.717) is 24.8 Å². The van der Waals surface area contributed by atoms with Crippen LogP contribution < -0.4 is 5.73 Å². The van der Waals surface area contributed by atoms with Gasteiger partial charge in [0.25, 0.3) is 0 Å². The Morgan fingerprint density at radius 2 is 2.09 bits per heavy atom. The number of ether oxygens (including phenoxy) is 1. The van der Waals surface area contributed by atoms with Gasteiger partial charge in [-0.2, -0.15) is 0 Å². The molecular formula is C18H25N3O2. The van der Waals surface area contributed by atoms with E-state index in [-0.39, 0.29) is 6.09 Å². The van der Waals surface area contributed by atoms with E-state index in [1.54, 1.807) is 4.90 Å². The predicted molar refractivity (Wildman–Crippen MR) is 91.0 cm³/mol. The van der Waals surface area contributed by atoms with Gasteiger partial charge in [-0.25, -0.2) is 9.78 Å². The Hall–Kier alpha value is -2.04. The van der Waals surface area contributed by atoms with E-state index in [1.807, 2.05) is 26.8 Å². The third kappa shape index (κ3) is 3.84. The number of carbonyl (C=O) groups is 1. The average Bonchev–Trinajstić information content (AvgIpc) is 3.30. The van der Waals surface area contributed by atoms with Crippen molar-refractivity contribution in [1.29, 1.82) is 0 Å². The van der Waals surface area contributed by atoms with Gasteiger partial charge in [-0.15, -0.1) is 0 Å². The second-order valence-electron chi connectivity index (χ2n) is 7.35. The fraction of sp³-hybridized carbons (Fsp3) is 0.556. The summed E-state index contributed by atoms with van der Waals surface area (Å²) < 4.78 is 5.43. The topological polar surface area (TPSA) is 68.5 Å². The molecule has 0 spiro atoms. The smallest absolute Gasteiger partial charge is 0.410 e. The highest BCUT2D eigenvalue weighted by Crippen LogP contribution is 2.43. The monoisotopic (exact) mass is 315 g/mol. The fourth-order valence-electron chi connectivity index (χ4n) is 2.84. The Labute approximate surface area is 137 Å². The highest BCUT2D eigenvalue weighted by Gasteiger charge is 2.30. The van der Waals surface area contributed by atoms with E-state index in [2.05, 4.69) is 17.1 Å². The van der Waals surface area contributed by atoms with Crippen LogP contribution in [-0.4, -0.2) is 34.7 Å². The second-order valence-corrected chi connectivity index (χ2v) is 7.35. The van der Waals surface area contributed by atoms with Gasteiger partial charge < -0.3 is 15.4 Å². The summed E-state index contributed by atoms with van der Waals surface area (Å²) in [4.78, 5) is 18.4. The number of nitrogen functional groups attached to an aromatic ring is 1. The van der Waals surface area contributed by atoms with Gasteiger partial charge in [0.15, 0.2) is 0 Å². The molecule has 2 N–H and O–H groups in total. The zero-order valence-corrected chi connectivity index (χ0v) is 14.1. The van der Waals surface area contributed by atoms with E-state index in [4.69, 9.17) is 10.5 Å². The van der Waals surface area contributed by atoms with Crippen LogP contribution in [0.25, 0.3) is 5.57 Å². The highest BCUT2D eigenvalue weighted by molar-refractivity contribution is 5.74. The molecule has 2 heterocycles.